The average Bonchev–Trinajstić information content (AvgIpc) is 2.68. The van der Waals surface area contributed by atoms with Crippen molar-refractivity contribution in [3.63, 3.8) is 0 Å². The van der Waals surface area contributed by atoms with E-state index in [1.54, 1.807) is 10.0 Å². The number of carbonyl (C=O) groups excluding carboxylic acids is 2. The van der Waals surface area contributed by atoms with Crippen LogP contribution in [0.5, 0.6) is 0 Å². The van der Waals surface area contributed by atoms with Crippen molar-refractivity contribution in [3.05, 3.63) is 69.7 Å². The number of rotatable bonds is 2. The van der Waals surface area contributed by atoms with Gasteiger partial charge in [0.2, 0.25) is 0 Å². The summed E-state index contributed by atoms with van der Waals surface area (Å²) in [6, 6.07) is 14.9. The first-order chi connectivity index (χ1) is 13.4. The number of nitrogens with zero attached hydrogens (tertiary/aromatic N) is 2. The van der Waals surface area contributed by atoms with E-state index >= 15 is 0 Å². The Hall–Kier alpha value is -1.34. The third-order valence-electron chi connectivity index (χ3n) is 4.80. The van der Waals surface area contributed by atoms with Crippen molar-refractivity contribution >= 4 is 58.5 Å². The third-order valence-corrected chi connectivity index (χ3v) is 7.98. The van der Waals surface area contributed by atoms with Crippen molar-refractivity contribution in [1.82, 2.24) is 10.0 Å². The van der Waals surface area contributed by atoms with Gasteiger partial charge in [-0.25, -0.2) is 10.0 Å². The Morgan fingerprint density at radius 3 is 1.32 bits per heavy atom. The molecule has 2 aromatic carbocycles. The summed E-state index contributed by atoms with van der Waals surface area (Å²) in [4.78, 5) is 26.3. The minimum absolute atomic E-state index is 0.0667. The van der Waals surface area contributed by atoms with Crippen molar-refractivity contribution in [3.8, 4) is 0 Å². The lowest BCUT2D eigenvalue weighted by atomic mass is 10.2. The molecule has 4 atom stereocenters. The van der Waals surface area contributed by atoms with E-state index in [1.165, 1.54) is 23.5 Å². The lowest BCUT2D eigenvalue weighted by molar-refractivity contribution is -0.170. The van der Waals surface area contributed by atoms with Crippen molar-refractivity contribution in [2.75, 3.05) is 0 Å². The first-order valence-electron chi connectivity index (χ1n) is 8.84. The van der Waals surface area contributed by atoms with Crippen LogP contribution in [0.3, 0.4) is 0 Å². The SMILES string of the molecule is C[C@@H]1S[C@@H](c2ccc(Cl)cc2)N2C(=O)[C@@H](C)S[C@H](c3ccc(Cl)cc3)N2C1=O. The molecule has 2 saturated heterocycles. The summed E-state index contributed by atoms with van der Waals surface area (Å²) in [7, 11) is 0. The Balaban J connectivity index is 1.79. The summed E-state index contributed by atoms with van der Waals surface area (Å²) in [5.41, 5.74) is 1.89. The van der Waals surface area contributed by atoms with Crippen LogP contribution in [0.25, 0.3) is 0 Å². The molecule has 146 valence electrons. The van der Waals surface area contributed by atoms with Crippen LogP contribution in [-0.4, -0.2) is 32.3 Å². The number of hydrogen-bond donors (Lipinski definition) is 0. The highest BCUT2D eigenvalue weighted by Crippen LogP contribution is 2.51. The summed E-state index contributed by atoms with van der Waals surface area (Å²) in [6.45, 7) is 3.78. The maximum atomic E-state index is 13.1. The molecular weight excluding hydrogens is 435 g/mol. The molecule has 4 rings (SSSR count). The molecule has 0 radical (unpaired) electrons. The fourth-order valence-corrected chi connectivity index (χ4v) is 6.10. The highest BCUT2D eigenvalue weighted by atomic mass is 35.5. The molecule has 2 fully saturated rings. The van der Waals surface area contributed by atoms with Crippen LogP contribution in [0.15, 0.2) is 48.5 Å². The van der Waals surface area contributed by atoms with E-state index in [2.05, 4.69) is 0 Å². The summed E-state index contributed by atoms with van der Waals surface area (Å²) in [6.07, 6.45) is 0. The molecule has 2 heterocycles. The minimum atomic E-state index is -0.282. The average molecular weight is 453 g/mol. The molecule has 0 spiro atoms. The predicted molar refractivity (Wildman–Crippen MR) is 116 cm³/mol. The predicted octanol–water partition coefficient (Wildman–Crippen LogP) is 5.53. The lowest BCUT2D eigenvalue weighted by Gasteiger charge is -2.52. The first kappa shape index (κ1) is 20.0. The van der Waals surface area contributed by atoms with Gasteiger partial charge in [0.25, 0.3) is 11.8 Å². The summed E-state index contributed by atoms with van der Waals surface area (Å²) in [5.74, 6) is -0.133. The zero-order valence-electron chi connectivity index (χ0n) is 15.2. The van der Waals surface area contributed by atoms with Crippen LogP contribution in [0.2, 0.25) is 10.0 Å². The monoisotopic (exact) mass is 452 g/mol. The Morgan fingerprint density at radius 2 is 1.00 bits per heavy atom. The van der Waals surface area contributed by atoms with Crippen LogP contribution in [0.4, 0.5) is 0 Å². The minimum Gasteiger partial charge on any atom is -0.272 e. The molecule has 0 unspecified atom stereocenters. The van der Waals surface area contributed by atoms with Crippen LogP contribution < -0.4 is 0 Å². The van der Waals surface area contributed by atoms with Crippen molar-refractivity contribution in [2.24, 2.45) is 0 Å². The summed E-state index contributed by atoms with van der Waals surface area (Å²) < 4.78 is 0. The summed E-state index contributed by atoms with van der Waals surface area (Å²) >= 11 is 15.1. The molecule has 8 heteroatoms. The normalized spacial score (nSPS) is 27.7. The molecule has 0 aromatic heterocycles. The Morgan fingerprint density at radius 1 is 0.679 bits per heavy atom. The maximum absolute atomic E-state index is 13.1. The first-order valence-corrected chi connectivity index (χ1v) is 11.5. The molecule has 2 amide bonds. The quantitative estimate of drug-likeness (QED) is 0.599. The zero-order valence-corrected chi connectivity index (χ0v) is 18.4. The fourth-order valence-electron chi connectivity index (χ4n) is 3.35. The van der Waals surface area contributed by atoms with Gasteiger partial charge in [-0.1, -0.05) is 47.5 Å². The van der Waals surface area contributed by atoms with Gasteiger partial charge < -0.3 is 0 Å². The second-order valence-corrected chi connectivity index (χ2v) is 10.5. The van der Waals surface area contributed by atoms with Crippen molar-refractivity contribution < 1.29 is 9.59 Å². The number of carbonyl (C=O) groups is 2. The molecule has 2 aliphatic rings. The van der Waals surface area contributed by atoms with Gasteiger partial charge >= 0.3 is 0 Å². The molecule has 0 aliphatic carbocycles. The fraction of sp³-hybridized carbons (Fsp3) is 0.300. The second kappa shape index (κ2) is 7.82. The molecule has 0 saturated carbocycles. The molecule has 4 nitrogen and oxygen atoms in total. The molecule has 2 aliphatic heterocycles. The van der Waals surface area contributed by atoms with Crippen LogP contribution in [-0.2, 0) is 9.59 Å². The Kier molecular flexibility index (Phi) is 5.58. The largest absolute Gasteiger partial charge is 0.272 e. The van der Waals surface area contributed by atoms with E-state index in [0.717, 1.165) is 11.1 Å². The molecule has 2 aromatic rings. The van der Waals surface area contributed by atoms with E-state index in [-0.39, 0.29) is 33.1 Å². The highest BCUT2D eigenvalue weighted by molar-refractivity contribution is 8.01. The Bertz CT molecular complexity index is 832. The Labute approximate surface area is 182 Å². The van der Waals surface area contributed by atoms with E-state index in [9.17, 15) is 9.59 Å². The maximum Gasteiger partial charge on any atom is 0.255 e. The van der Waals surface area contributed by atoms with E-state index < -0.39 is 0 Å². The van der Waals surface area contributed by atoms with Gasteiger partial charge in [0.15, 0.2) is 0 Å². The van der Waals surface area contributed by atoms with E-state index in [4.69, 9.17) is 23.2 Å². The molecule has 0 N–H and O–H groups in total. The number of hydrazine groups is 1. The zero-order chi connectivity index (χ0) is 20.0. The van der Waals surface area contributed by atoms with Crippen LogP contribution >= 0.6 is 46.7 Å². The van der Waals surface area contributed by atoms with Gasteiger partial charge in [0, 0.05) is 10.0 Å². The summed E-state index contributed by atoms with van der Waals surface area (Å²) in [5, 5.41) is 3.44. The van der Waals surface area contributed by atoms with Crippen LogP contribution in [0, 0.1) is 0 Å². The molecule has 28 heavy (non-hydrogen) atoms. The third kappa shape index (κ3) is 3.52. The molecule has 0 bridgehead atoms. The van der Waals surface area contributed by atoms with Gasteiger partial charge in [-0.15, -0.1) is 23.5 Å². The van der Waals surface area contributed by atoms with E-state index in [1.807, 2.05) is 62.4 Å². The number of fused-ring (bicyclic) bond motifs is 1. The molecular formula is C20H18Cl2N2O2S2. The number of benzene rings is 2. The van der Waals surface area contributed by atoms with E-state index in [0.29, 0.717) is 10.0 Å². The van der Waals surface area contributed by atoms with Crippen molar-refractivity contribution in [2.45, 2.75) is 35.1 Å². The van der Waals surface area contributed by atoms with Crippen LogP contribution in [0.1, 0.15) is 35.7 Å². The lowest BCUT2D eigenvalue weighted by Crippen LogP contribution is -2.61. The van der Waals surface area contributed by atoms with Gasteiger partial charge in [-0.05, 0) is 49.2 Å². The smallest absolute Gasteiger partial charge is 0.255 e. The van der Waals surface area contributed by atoms with Gasteiger partial charge in [0.05, 0.1) is 10.5 Å². The number of hydrogen-bond acceptors (Lipinski definition) is 4. The number of amides is 2. The number of thioether (sulfide) groups is 2. The topological polar surface area (TPSA) is 40.6 Å². The standard InChI is InChI=1S/C20H18Cl2N2O2S2/c1-11-17(25)23-20(14-5-9-16(22)10-6-14)28-12(2)18(26)24(23)19(27-11)13-3-7-15(21)8-4-13/h3-12,19-20H,1-2H3/t11-,12+,19-,20+. The number of halogens is 2. The van der Waals surface area contributed by atoms with Gasteiger partial charge in [0.1, 0.15) is 10.7 Å². The van der Waals surface area contributed by atoms with Crippen molar-refractivity contribution in [1.29, 1.82) is 0 Å². The highest BCUT2D eigenvalue weighted by Gasteiger charge is 2.50. The van der Waals surface area contributed by atoms with Gasteiger partial charge in [-0.3, -0.25) is 9.59 Å². The second-order valence-electron chi connectivity index (χ2n) is 6.73. The van der Waals surface area contributed by atoms with Gasteiger partial charge in [-0.2, -0.15) is 0 Å².